The number of carbonyl (C=O) groups excluding carboxylic acids is 2. The number of hydrogen-bond acceptors (Lipinski definition) is 3. The molecule has 1 aromatic rings. The summed E-state index contributed by atoms with van der Waals surface area (Å²) < 4.78 is 5.43. The van der Waals surface area contributed by atoms with Gasteiger partial charge in [-0.15, -0.1) is 0 Å². The van der Waals surface area contributed by atoms with Gasteiger partial charge in [0.2, 0.25) is 0 Å². The van der Waals surface area contributed by atoms with Crippen LogP contribution in [0.1, 0.15) is 29.8 Å². The Morgan fingerprint density at radius 3 is 2.56 bits per heavy atom. The molecular weight excluding hydrogens is 230 g/mol. The van der Waals surface area contributed by atoms with Gasteiger partial charge in [-0.25, -0.2) is 0 Å². The number of nitrogens with zero attached hydrogens (tertiary/aromatic N) is 1. The largest absolute Gasteiger partial charge is 0.483 e. The first-order valence-electron chi connectivity index (χ1n) is 5.94. The Labute approximate surface area is 108 Å². The van der Waals surface area contributed by atoms with Gasteiger partial charge in [0.15, 0.2) is 12.4 Å². The van der Waals surface area contributed by atoms with Crippen LogP contribution in [-0.2, 0) is 4.79 Å². The molecule has 0 aromatic heterocycles. The van der Waals surface area contributed by atoms with Crippen molar-refractivity contribution in [3.63, 3.8) is 0 Å². The lowest BCUT2D eigenvalue weighted by Crippen LogP contribution is -2.31. The number of likely N-dealkylation sites (N-methyl/N-ethyl adjacent to an activating group) is 1. The van der Waals surface area contributed by atoms with E-state index >= 15 is 0 Å². The Hall–Kier alpha value is -1.84. The van der Waals surface area contributed by atoms with Crippen molar-refractivity contribution in [1.29, 1.82) is 0 Å². The molecule has 0 fully saturated rings. The van der Waals surface area contributed by atoms with Crippen LogP contribution in [0.5, 0.6) is 5.75 Å². The summed E-state index contributed by atoms with van der Waals surface area (Å²) >= 11 is 0. The third-order valence-electron chi connectivity index (χ3n) is 2.77. The number of rotatable bonds is 5. The van der Waals surface area contributed by atoms with Crippen molar-refractivity contribution in [2.45, 2.75) is 20.8 Å². The molecule has 1 rings (SSSR count). The van der Waals surface area contributed by atoms with E-state index < -0.39 is 0 Å². The van der Waals surface area contributed by atoms with Crippen molar-refractivity contribution in [2.75, 3.05) is 20.2 Å². The number of carbonyl (C=O) groups is 2. The second-order valence-electron chi connectivity index (χ2n) is 4.25. The van der Waals surface area contributed by atoms with Crippen molar-refractivity contribution < 1.29 is 14.3 Å². The van der Waals surface area contributed by atoms with Gasteiger partial charge in [-0.3, -0.25) is 9.59 Å². The van der Waals surface area contributed by atoms with E-state index in [1.165, 1.54) is 6.92 Å². The standard InChI is InChI=1S/C14H19NO3/c1-5-15(4)14(17)9-18-13-7-6-10(2)8-12(13)11(3)16/h6-8H,5,9H2,1-4H3. The molecule has 0 aliphatic heterocycles. The van der Waals surface area contributed by atoms with Crippen LogP contribution in [0, 0.1) is 6.92 Å². The molecule has 18 heavy (non-hydrogen) atoms. The van der Waals surface area contributed by atoms with Crippen LogP contribution >= 0.6 is 0 Å². The molecule has 4 nitrogen and oxygen atoms in total. The highest BCUT2D eigenvalue weighted by atomic mass is 16.5. The molecule has 1 amide bonds. The van der Waals surface area contributed by atoms with Gasteiger partial charge < -0.3 is 9.64 Å². The average molecular weight is 249 g/mol. The van der Waals surface area contributed by atoms with Crippen LogP contribution < -0.4 is 4.74 Å². The molecule has 0 unspecified atom stereocenters. The molecule has 0 N–H and O–H groups in total. The second-order valence-corrected chi connectivity index (χ2v) is 4.25. The van der Waals surface area contributed by atoms with Crippen molar-refractivity contribution in [3.8, 4) is 5.75 Å². The maximum Gasteiger partial charge on any atom is 0.260 e. The number of ether oxygens (including phenoxy) is 1. The van der Waals surface area contributed by atoms with Gasteiger partial charge in [0.05, 0.1) is 5.56 Å². The van der Waals surface area contributed by atoms with E-state index in [1.54, 1.807) is 24.1 Å². The van der Waals surface area contributed by atoms with Gasteiger partial charge in [-0.2, -0.15) is 0 Å². The molecule has 0 aliphatic carbocycles. The minimum absolute atomic E-state index is 0.0479. The highest BCUT2D eigenvalue weighted by Crippen LogP contribution is 2.20. The van der Waals surface area contributed by atoms with Gasteiger partial charge in [0.1, 0.15) is 5.75 Å². The predicted octanol–water partition coefficient (Wildman–Crippen LogP) is 2.05. The molecule has 0 radical (unpaired) electrons. The molecule has 0 saturated carbocycles. The topological polar surface area (TPSA) is 46.6 Å². The first kappa shape index (κ1) is 14.2. The lowest BCUT2D eigenvalue weighted by atomic mass is 10.1. The van der Waals surface area contributed by atoms with Crippen LogP contribution in [0.15, 0.2) is 18.2 Å². The summed E-state index contributed by atoms with van der Waals surface area (Å²) in [5, 5.41) is 0. The molecular formula is C14H19NO3. The zero-order valence-corrected chi connectivity index (χ0v) is 11.3. The van der Waals surface area contributed by atoms with Gasteiger partial charge in [-0.05, 0) is 32.9 Å². The summed E-state index contributed by atoms with van der Waals surface area (Å²) in [7, 11) is 1.71. The minimum atomic E-state index is -0.104. The third-order valence-corrected chi connectivity index (χ3v) is 2.77. The summed E-state index contributed by atoms with van der Waals surface area (Å²) in [6, 6.07) is 5.35. The van der Waals surface area contributed by atoms with Crippen LogP contribution in [-0.4, -0.2) is 36.8 Å². The lowest BCUT2D eigenvalue weighted by Gasteiger charge is -2.16. The summed E-state index contributed by atoms with van der Waals surface area (Å²) in [6.07, 6.45) is 0. The number of hydrogen-bond donors (Lipinski definition) is 0. The molecule has 0 saturated heterocycles. The van der Waals surface area contributed by atoms with E-state index in [0.29, 0.717) is 17.9 Å². The summed E-state index contributed by atoms with van der Waals surface area (Å²) in [5.41, 5.74) is 1.51. The lowest BCUT2D eigenvalue weighted by molar-refractivity contribution is -0.131. The van der Waals surface area contributed by atoms with E-state index in [-0.39, 0.29) is 18.3 Å². The quantitative estimate of drug-likeness (QED) is 0.750. The Bertz CT molecular complexity index is 454. The maximum absolute atomic E-state index is 11.6. The zero-order chi connectivity index (χ0) is 13.7. The van der Waals surface area contributed by atoms with E-state index in [9.17, 15) is 9.59 Å². The van der Waals surface area contributed by atoms with Gasteiger partial charge in [0.25, 0.3) is 5.91 Å². The molecule has 98 valence electrons. The van der Waals surface area contributed by atoms with Gasteiger partial charge in [0, 0.05) is 13.6 Å². The highest BCUT2D eigenvalue weighted by molar-refractivity contribution is 5.97. The van der Waals surface area contributed by atoms with Crippen molar-refractivity contribution in [1.82, 2.24) is 4.90 Å². The fourth-order valence-corrected chi connectivity index (χ4v) is 1.47. The molecule has 0 bridgehead atoms. The van der Waals surface area contributed by atoms with E-state index in [4.69, 9.17) is 4.74 Å². The predicted molar refractivity (Wildman–Crippen MR) is 70.0 cm³/mol. The number of ketones is 1. The van der Waals surface area contributed by atoms with Crippen molar-refractivity contribution in [3.05, 3.63) is 29.3 Å². The smallest absolute Gasteiger partial charge is 0.260 e. The normalized spacial score (nSPS) is 10.0. The first-order chi connectivity index (χ1) is 8.45. The number of benzene rings is 1. The van der Waals surface area contributed by atoms with Gasteiger partial charge >= 0.3 is 0 Å². The minimum Gasteiger partial charge on any atom is -0.483 e. The van der Waals surface area contributed by atoms with Crippen LogP contribution in [0.3, 0.4) is 0 Å². The molecule has 0 heterocycles. The zero-order valence-electron chi connectivity index (χ0n) is 11.3. The third kappa shape index (κ3) is 3.58. The number of amides is 1. The van der Waals surface area contributed by atoms with Crippen molar-refractivity contribution in [2.24, 2.45) is 0 Å². The Balaban J connectivity index is 2.79. The molecule has 4 heteroatoms. The van der Waals surface area contributed by atoms with Crippen LogP contribution in [0.2, 0.25) is 0 Å². The average Bonchev–Trinajstić information content (AvgIpc) is 2.35. The van der Waals surface area contributed by atoms with Crippen LogP contribution in [0.4, 0.5) is 0 Å². The SMILES string of the molecule is CCN(C)C(=O)COc1ccc(C)cc1C(C)=O. The van der Waals surface area contributed by atoms with Crippen LogP contribution in [0.25, 0.3) is 0 Å². The van der Waals surface area contributed by atoms with E-state index in [2.05, 4.69) is 0 Å². The summed E-state index contributed by atoms with van der Waals surface area (Å²) in [4.78, 5) is 24.7. The molecule has 0 aliphatic rings. The Morgan fingerprint density at radius 2 is 2.00 bits per heavy atom. The second kappa shape index (κ2) is 6.19. The Morgan fingerprint density at radius 1 is 1.33 bits per heavy atom. The molecule has 0 atom stereocenters. The summed E-state index contributed by atoms with van der Waals surface area (Å²) in [6.45, 7) is 5.88. The fourth-order valence-electron chi connectivity index (χ4n) is 1.47. The fraction of sp³-hybridized carbons (Fsp3) is 0.429. The van der Waals surface area contributed by atoms with Crippen molar-refractivity contribution >= 4 is 11.7 Å². The first-order valence-corrected chi connectivity index (χ1v) is 5.94. The number of aryl methyl sites for hydroxylation is 1. The molecule has 1 aromatic carbocycles. The van der Waals surface area contributed by atoms with Gasteiger partial charge in [-0.1, -0.05) is 11.6 Å². The highest BCUT2D eigenvalue weighted by Gasteiger charge is 2.12. The maximum atomic E-state index is 11.6. The molecule has 0 spiro atoms. The summed E-state index contributed by atoms with van der Waals surface area (Å²) in [5.74, 6) is 0.295. The monoisotopic (exact) mass is 249 g/mol. The van der Waals surface area contributed by atoms with E-state index in [0.717, 1.165) is 5.56 Å². The Kier molecular flexibility index (Phi) is 4.89. The van der Waals surface area contributed by atoms with E-state index in [1.807, 2.05) is 19.9 Å². The number of Topliss-reactive ketones (excluding diaryl/α,β-unsaturated/α-hetero) is 1.